The van der Waals surface area contributed by atoms with Gasteiger partial charge in [-0.1, -0.05) is 12.1 Å². The summed E-state index contributed by atoms with van der Waals surface area (Å²) in [5.74, 6) is 0.327. The molecule has 32 heavy (non-hydrogen) atoms. The van der Waals surface area contributed by atoms with Crippen LogP contribution in [0.1, 0.15) is 30.4 Å². The van der Waals surface area contributed by atoms with Crippen molar-refractivity contribution in [2.75, 3.05) is 23.8 Å². The molecule has 0 saturated carbocycles. The van der Waals surface area contributed by atoms with Crippen molar-refractivity contribution in [1.29, 1.82) is 0 Å². The Hall–Kier alpha value is -3.88. The largest absolute Gasteiger partial charge is 0.494 e. The molecule has 2 aromatic rings. The summed E-state index contributed by atoms with van der Waals surface area (Å²) in [5.41, 5.74) is 3.23. The SMILES string of the molecule is O=C(CCCOc1ccc2c(c1)CCC(=O)N2)Nc1cccc(CN2C(=O)CNC2=O)c1. The van der Waals surface area contributed by atoms with Gasteiger partial charge in [-0.15, -0.1) is 0 Å². The molecule has 0 aromatic heterocycles. The summed E-state index contributed by atoms with van der Waals surface area (Å²) >= 11 is 0. The number of hydrogen-bond acceptors (Lipinski definition) is 5. The number of urea groups is 1. The summed E-state index contributed by atoms with van der Waals surface area (Å²) in [6, 6.07) is 12.2. The Kier molecular flexibility index (Phi) is 6.34. The molecule has 5 amide bonds. The zero-order chi connectivity index (χ0) is 22.5. The number of fused-ring (bicyclic) bond motifs is 1. The topological polar surface area (TPSA) is 117 Å². The van der Waals surface area contributed by atoms with Crippen LogP contribution in [0.3, 0.4) is 0 Å². The van der Waals surface area contributed by atoms with E-state index in [9.17, 15) is 19.2 Å². The van der Waals surface area contributed by atoms with Crippen molar-refractivity contribution < 1.29 is 23.9 Å². The molecule has 4 rings (SSSR count). The van der Waals surface area contributed by atoms with Gasteiger partial charge >= 0.3 is 6.03 Å². The van der Waals surface area contributed by atoms with Crippen molar-refractivity contribution in [1.82, 2.24) is 10.2 Å². The second-order valence-corrected chi connectivity index (χ2v) is 7.71. The van der Waals surface area contributed by atoms with Crippen LogP contribution in [-0.2, 0) is 27.3 Å². The average molecular weight is 436 g/mol. The molecule has 2 aromatic carbocycles. The molecule has 0 spiro atoms. The number of carbonyl (C=O) groups excluding carboxylic acids is 4. The van der Waals surface area contributed by atoms with Gasteiger partial charge in [-0.3, -0.25) is 19.3 Å². The first-order valence-corrected chi connectivity index (χ1v) is 10.5. The summed E-state index contributed by atoms with van der Waals surface area (Å²) < 4.78 is 5.75. The van der Waals surface area contributed by atoms with Crippen molar-refractivity contribution in [2.24, 2.45) is 0 Å². The monoisotopic (exact) mass is 436 g/mol. The summed E-state index contributed by atoms with van der Waals surface area (Å²) in [4.78, 5) is 48.3. The predicted molar refractivity (Wildman–Crippen MR) is 117 cm³/mol. The Morgan fingerprint density at radius 1 is 1.09 bits per heavy atom. The fraction of sp³-hybridized carbons (Fsp3) is 0.304. The molecule has 1 saturated heterocycles. The second kappa shape index (κ2) is 9.51. The Balaban J connectivity index is 1.22. The lowest BCUT2D eigenvalue weighted by Gasteiger charge is -2.17. The van der Waals surface area contributed by atoms with Crippen LogP contribution < -0.4 is 20.7 Å². The third-order valence-corrected chi connectivity index (χ3v) is 5.28. The van der Waals surface area contributed by atoms with E-state index < -0.39 is 6.03 Å². The molecule has 0 unspecified atom stereocenters. The molecular formula is C23H24N4O5. The highest BCUT2D eigenvalue weighted by molar-refractivity contribution is 6.01. The minimum absolute atomic E-state index is 0.0132. The minimum atomic E-state index is -0.409. The van der Waals surface area contributed by atoms with Crippen molar-refractivity contribution in [3.05, 3.63) is 53.6 Å². The molecule has 3 N–H and O–H groups in total. The zero-order valence-electron chi connectivity index (χ0n) is 17.5. The van der Waals surface area contributed by atoms with Crippen LogP contribution >= 0.6 is 0 Å². The van der Waals surface area contributed by atoms with Crippen molar-refractivity contribution in [3.8, 4) is 5.75 Å². The van der Waals surface area contributed by atoms with Gasteiger partial charge in [0.15, 0.2) is 0 Å². The van der Waals surface area contributed by atoms with Crippen LogP contribution in [0, 0.1) is 0 Å². The maximum absolute atomic E-state index is 12.3. The van der Waals surface area contributed by atoms with E-state index in [1.165, 1.54) is 0 Å². The number of imide groups is 1. The maximum atomic E-state index is 12.3. The fourth-order valence-electron chi connectivity index (χ4n) is 3.64. The van der Waals surface area contributed by atoms with E-state index in [1.54, 1.807) is 30.3 Å². The lowest BCUT2D eigenvalue weighted by molar-refractivity contribution is -0.125. The molecule has 2 aliphatic rings. The van der Waals surface area contributed by atoms with Gasteiger partial charge in [0, 0.05) is 24.2 Å². The van der Waals surface area contributed by atoms with Gasteiger partial charge < -0.3 is 20.7 Å². The minimum Gasteiger partial charge on any atom is -0.494 e. The van der Waals surface area contributed by atoms with Crippen LogP contribution in [0.25, 0.3) is 0 Å². The second-order valence-electron chi connectivity index (χ2n) is 7.71. The average Bonchev–Trinajstić information content (AvgIpc) is 3.09. The molecule has 9 nitrogen and oxygen atoms in total. The summed E-state index contributed by atoms with van der Waals surface area (Å²) in [5, 5.41) is 8.15. The first-order valence-electron chi connectivity index (χ1n) is 10.5. The summed E-state index contributed by atoms with van der Waals surface area (Å²) in [6.45, 7) is 0.566. The number of hydrogen-bond donors (Lipinski definition) is 3. The van der Waals surface area contributed by atoms with Crippen molar-refractivity contribution in [2.45, 2.75) is 32.2 Å². The first kappa shape index (κ1) is 21.4. The Morgan fingerprint density at radius 2 is 1.97 bits per heavy atom. The number of carbonyl (C=O) groups is 4. The molecule has 0 bridgehead atoms. The number of nitrogens with one attached hydrogen (secondary N) is 3. The third-order valence-electron chi connectivity index (χ3n) is 5.28. The van der Waals surface area contributed by atoms with Crippen LogP contribution in [-0.4, -0.2) is 41.8 Å². The third kappa shape index (κ3) is 5.23. The molecule has 166 valence electrons. The number of aryl methyl sites for hydroxylation is 1. The van der Waals surface area contributed by atoms with Gasteiger partial charge in [-0.2, -0.15) is 0 Å². The number of rotatable bonds is 8. The van der Waals surface area contributed by atoms with Gasteiger partial charge in [0.2, 0.25) is 17.7 Å². The number of benzene rings is 2. The number of nitrogens with zero attached hydrogens (tertiary/aromatic N) is 1. The Labute approximate surface area is 185 Å². The van der Waals surface area contributed by atoms with Gasteiger partial charge in [-0.05, 0) is 54.3 Å². The molecule has 1 fully saturated rings. The number of ether oxygens (including phenoxy) is 1. The fourth-order valence-corrected chi connectivity index (χ4v) is 3.64. The van der Waals surface area contributed by atoms with Crippen molar-refractivity contribution in [3.63, 3.8) is 0 Å². The lowest BCUT2D eigenvalue weighted by atomic mass is 10.0. The van der Waals surface area contributed by atoms with E-state index in [-0.39, 0.29) is 37.2 Å². The van der Waals surface area contributed by atoms with E-state index >= 15 is 0 Å². The smallest absolute Gasteiger partial charge is 0.324 e. The van der Waals surface area contributed by atoms with Crippen LogP contribution in [0.5, 0.6) is 5.75 Å². The zero-order valence-corrected chi connectivity index (χ0v) is 17.5. The molecule has 2 heterocycles. The van der Waals surface area contributed by atoms with E-state index in [1.807, 2.05) is 12.1 Å². The van der Waals surface area contributed by atoms with Gasteiger partial charge in [0.25, 0.3) is 0 Å². The molecule has 0 aliphatic carbocycles. The van der Waals surface area contributed by atoms with E-state index in [4.69, 9.17) is 4.74 Å². The van der Waals surface area contributed by atoms with E-state index in [0.29, 0.717) is 37.3 Å². The molecule has 0 radical (unpaired) electrons. The lowest BCUT2D eigenvalue weighted by Crippen LogP contribution is -2.30. The normalized spacial score (nSPS) is 15.1. The standard InChI is InChI=1S/C23H24N4O5/c28-20(5-2-10-32-18-7-8-19-16(12-18)6-9-21(29)26-19)25-17-4-1-3-15(11-17)14-27-22(30)13-24-23(27)31/h1,3-4,7-8,11-12H,2,5-6,9-10,13-14H2,(H,24,31)(H,25,28)(H,26,29). The molecular weight excluding hydrogens is 412 g/mol. The van der Waals surface area contributed by atoms with Crippen LogP contribution in [0.4, 0.5) is 16.2 Å². The highest BCUT2D eigenvalue weighted by Gasteiger charge is 2.28. The molecule has 0 atom stereocenters. The summed E-state index contributed by atoms with van der Waals surface area (Å²) in [7, 11) is 0. The Morgan fingerprint density at radius 3 is 2.78 bits per heavy atom. The van der Waals surface area contributed by atoms with E-state index in [2.05, 4.69) is 16.0 Å². The van der Waals surface area contributed by atoms with Crippen molar-refractivity contribution >= 4 is 35.1 Å². The number of anilines is 2. The quantitative estimate of drug-likeness (QED) is 0.434. The number of amides is 5. The van der Waals surface area contributed by atoms with Crippen LogP contribution in [0.15, 0.2) is 42.5 Å². The highest BCUT2D eigenvalue weighted by Crippen LogP contribution is 2.27. The van der Waals surface area contributed by atoms with Gasteiger partial charge in [0.05, 0.1) is 19.7 Å². The summed E-state index contributed by atoms with van der Waals surface area (Å²) in [6.07, 6.45) is 2.00. The van der Waals surface area contributed by atoms with Gasteiger partial charge in [0.1, 0.15) is 5.75 Å². The Bertz CT molecular complexity index is 1050. The highest BCUT2D eigenvalue weighted by atomic mass is 16.5. The van der Waals surface area contributed by atoms with Crippen LogP contribution in [0.2, 0.25) is 0 Å². The molecule has 9 heteroatoms. The predicted octanol–water partition coefficient (Wildman–Crippen LogP) is 2.42. The molecule has 2 aliphatic heterocycles. The van der Waals surface area contributed by atoms with Gasteiger partial charge in [-0.25, -0.2) is 4.79 Å². The first-order chi connectivity index (χ1) is 15.5. The maximum Gasteiger partial charge on any atom is 0.324 e. The van der Waals surface area contributed by atoms with E-state index in [0.717, 1.165) is 21.7 Å².